The maximum absolute atomic E-state index is 11.9. The quantitative estimate of drug-likeness (QED) is 0.690. The zero-order valence-corrected chi connectivity index (χ0v) is 13.9. The van der Waals surface area contributed by atoms with Crippen LogP contribution in [0.4, 0.5) is 9.80 Å². The van der Waals surface area contributed by atoms with Gasteiger partial charge in [0.05, 0.1) is 12.2 Å². The molecule has 0 saturated heterocycles. The van der Waals surface area contributed by atoms with E-state index in [-0.39, 0.29) is 23.5 Å². The monoisotopic (exact) mass is 340 g/mol. The van der Waals surface area contributed by atoms with Gasteiger partial charge in [-0.05, 0) is 43.6 Å². The lowest BCUT2D eigenvalue weighted by atomic mass is 9.78. The van der Waals surface area contributed by atoms with E-state index in [1.54, 1.807) is 19.2 Å². The molecule has 1 aliphatic carbocycles. The second-order valence-corrected chi connectivity index (χ2v) is 6.45. The maximum Gasteiger partial charge on any atom is 0.338 e. The second-order valence-electron chi connectivity index (χ2n) is 5.57. The van der Waals surface area contributed by atoms with Crippen LogP contribution in [0.15, 0.2) is 5.38 Å². The molecule has 7 nitrogen and oxygen atoms in total. The van der Waals surface area contributed by atoms with Gasteiger partial charge in [0.2, 0.25) is 0 Å². The fourth-order valence-electron chi connectivity index (χ4n) is 2.60. The summed E-state index contributed by atoms with van der Waals surface area (Å²) in [6, 6.07) is -0.419. The standard InChI is InChI=1S/C15H20N2O5S/c1-3-22-11(18)6-9-4-10(5-9)16-15(21)17-13-12(14(19)20)8(2)7-23-13/h7,9-10H,3-6H2,1-2H3,(H,19,20)(H2,16,17,21). The normalized spacial score (nSPS) is 19.6. The summed E-state index contributed by atoms with van der Waals surface area (Å²) in [6.07, 6.45) is 1.82. The molecule has 23 heavy (non-hydrogen) atoms. The molecule has 0 aliphatic heterocycles. The Kier molecular flexibility index (Phi) is 5.59. The summed E-state index contributed by atoms with van der Waals surface area (Å²) >= 11 is 1.19. The van der Waals surface area contributed by atoms with E-state index in [1.807, 2.05) is 0 Å². The minimum atomic E-state index is -1.06. The maximum atomic E-state index is 11.9. The number of carboxylic acids is 1. The number of amides is 2. The van der Waals surface area contributed by atoms with Crippen molar-refractivity contribution in [3.63, 3.8) is 0 Å². The molecule has 1 aromatic rings. The lowest BCUT2D eigenvalue weighted by Crippen LogP contribution is -2.46. The molecular formula is C15H20N2O5S. The van der Waals surface area contributed by atoms with Gasteiger partial charge in [-0.2, -0.15) is 0 Å². The van der Waals surface area contributed by atoms with Gasteiger partial charge in [-0.1, -0.05) is 0 Å². The molecular weight excluding hydrogens is 320 g/mol. The Bertz CT molecular complexity index is 607. The number of esters is 1. The number of ether oxygens (including phenoxy) is 1. The first-order valence-corrected chi connectivity index (χ1v) is 8.33. The van der Waals surface area contributed by atoms with E-state index in [0.29, 0.717) is 23.6 Å². The third kappa shape index (κ3) is 4.44. The number of thiophene rings is 1. The molecule has 2 rings (SSSR count). The molecule has 1 aliphatic rings. The molecule has 1 fully saturated rings. The average Bonchev–Trinajstić information content (AvgIpc) is 2.77. The largest absolute Gasteiger partial charge is 0.478 e. The van der Waals surface area contributed by atoms with Crippen molar-refractivity contribution in [2.45, 2.75) is 39.2 Å². The molecule has 126 valence electrons. The van der Waals surface area contributed by atoms with Gasteiger partial charge in [0.1, 0.15) is 5.00 Å². The Hall–Kier alpha value is -2.09. The van der Waals surface area contributed by atoms with Crippen molar-refractivity contribution in [3.8, 4) is 0 Å². The van der Waals surface area contributed by atoms with Crippen LogP contribution in [0.2, 0.25) is 0 Å². The molecule has 0 spiro atoms. The molecule has 0 aromatic carbocycles. The Morgan fingerprint density at radius 1 is 1.39 bits per heavy atom. The summed E-state index contributed by atoms with van der Waals surface area (Å²) in [5.41, 5.74) is 0.745. The minimum absolute atomic E-state index is 0.00348. The summed E-state index contributed by atoms with van der Waals surface area (Å²) in [5, 5.41) is 16.5. The Morgan fingerprint density at radius 2 is 2.09 bits per heavy atom. The number of aryl methyl sites for hydroxylation is 1. The van der Waals surface area contributed by atoms with Crippen molar-refractivity contribution in [1.82, 2.24) is 5.32 Å². The van der Waals surface area contributed by atoms with E-state index in [1.165, 1.54) is 11.3 Å². The molecule has 8 heteroatoms. The van der Waals surface area contributed by atoms with Gasteiger partial charge in [-0.15, -0.1) is 11.3 Å². The van der Waals surface area contributed by atoms with Gasteiger partial charge >= 0.3 is 18.0 Å². The SMILES string of the molecule is CCOC(=O)CC1CC(NC(=O)Nc2scc(C)c2C(=O)O)C1. The van der Waals surface area contributed by atoms with E-state index in [2.05, 4.69) is 10.6 Å². The van der Waals surface area contributed by atoms with Gasteiger partial charge in [0.15, 0.2) is 0 Å². The van der Waals surface area contributed by atoms with Crippen LogP contribution in [0.1, 0.15) is 42.1 Å². The number of urea groups is 1. The number of carbonyl (C=O) groups is 3. The predicted octanol–water partition coefficient (Wildman–Crippen LogP) is 2.61. The highest BCUT2D eigenvalue weighted by molar-refractivity contribution is 7.15. The smallest absolute Gasteiger partial charge is 0.338 e. The average molecular weight is 340 g/mol. The van der Waals surface area contributed by atoms with Crippen LogP contribution in [-0.4, -0.2) is 35.7 Å². The Morgan fingerprint density at radius 3 is 2.70 bits per heavy atom. The van der Waals surface area contributed by atoms with Crippen LogP contribution in [0.5, 0.6) is 0 Å². The first kappa shape index (κ1) is 17.3. The van der Waals surface area contributed by atoms with Crippen molar-refractivity contribution in [1.29, 1.82) is 0 Å². The number of aromatic carboxylic acids is 1. The van der Waals surface area contributed by atoms with Gasteiger partial charge in [0, 0.05) is 12.5 Å². The first-order chi connectivity index (χ1) is 10.9. The van der Waals surface area contributed by atoms with Gasteiger partial charge in [-0.3, -0.25) is 10.1 Å². The van der Waals surface area contributed by atoms with Crippen LogP contribution in [0.25, 0.3) is 0 Å². The third-order valence-electron chi connectivity index (χ3n) is 3.75. The van der Waals surface area contributed by atoms with Gasteiger partial charge < -0.3 is 15.2 Å². The zero-order valence-electron chi connectivity index (χ0n) is 13.0. The van der Waals surface area contributed by atoms with Crippen LogP contribution < -0.4 is 10.6 Å². The van der Waals surface area contributed by atoms with E-state index < -0.39 is 12.0 Å². The lowest BCUT2D eigenvalue weighted by molar-refractivity contribution is -0.145. The van der Waals surface area contributed by atoms with Gasteiger partial charge in [-0.25, -0.2) is 9.59 Å². The highest BCUT2D eigenvalue weighted by Crippen LogP contribution is 2.31. The number of anilines is 1. The highest BCUT2D eigenvalue weighted by atomic mass is 32.1. The van der Waals surface area contributed by atoms with E-state index in [9.17, 15) is 14.4 Å². The topological polar surface area (TPSA) is 105 Å². The molecule has 0 bridgehead atoms. The first-order valence-electron chi connectivity index (χ1n) is 7.45. The summed E-state index contributed by atoms with van der Waals surface area (Å²) in [7, 11) is 0. The molecule has 1 aromatic heterocycles. The fraction of sp³-hybridized carbons (Fsp3) is 0.533. The number of hydrogen-bond acceptors (Lipinski definition) is 5. The molecule has 0 unspecified atom stereocenters. The highest BCUT2D eigenvalue weighted by Gasteiger charge is 2.32. The number of carbonyl (C=O) groups excluding carboxylic acids is 2. The van der Waals surface area contributed by atoms with E-state index in [0.717, 1.165) is 12.8 Å². The summed E-state index contributed by atoms with van der Waals surface area (Å²) in [4.78, 5) is 34.4. The fourth-order valence-corrected chi connectivity index (χ4v) is 3.53. The molecule has 2 amide bonds. The third-order valence-corrected chi connectivity index (χ3v) is 4.76. The predicted molar refractivity (Wildman–Crippen MR) is 85.9 cm³/mol. The van der Waals surface area contributed by atoms with Crippen LogP contribution in [0, 0.1) is 12.8 Å². The minimum Gasteiger partial charge on any atom is -0.478 e. The lowest BCUT2D eigenvalue weighted by Gasteiger charge is -2.35. The van der Waals surface area contributed by atoms with Crippen molar-refractivity contribution in [2.24, 2.45) is 5.92 Å². The number of carboxylic acid groups (broad SMARTS) is 1. The molecule has 3 N–H and O–H groups in total. The van der Waals surface area contributed by atoms with Crippen LogP contribution in [0.3, 0.4) is 0 Å². The van der Waals surface area contributed by atoms with Crippen molar-refractivity contribution < 1.29 is 24.2 Å². The Labute approximate surface area is 138 Å². The Balaban J connectivity index is 1.77. The summed E-state index contributed by atoms with van der Waals surface area (Å²) in [5.74, 6) is -1.03. The number of nitrogens with one attached hydrogen (secondary N) is 2. The van der Waals surface area contributed by atoms with Crippen molar-refractivity contribution >= 4 is 34.3 Å². The van der Waals surface area contributed by atoms with Crippen LogP contribution in [-0.2, 0) is 9.53 Å². The zero-order chi connectivity index (χ0) is 17.0. The number of hydrogen-bond donors (Lipinski definition) is 3. The van der Waals surface area contributed by atoms with E-state index in [4.69, 9.17) is 9.84 Å². The van der Waals surface area contributed by atoms with Gasteiger partial charge in [0.25, 0.3) is 0 Å². The molecule has 0 radical (unpaired) electrons. The summed E-state index contributed by atoms with van der Waals surface area (Å²) < 4.78 is 4.89. The number of rotatable bonds is 6. The van der Waals surface area contributed by atoms with Crippen molar-refractivity contribution in [3.05, 3.63) is 16.5 Å². The second kappa shape index (κ2) is 7.45. The van der Waals surface area contributed by atoms with E-state index >= 15 is 0 Å². The molecule has 1 heterocycles. The van der Waals surface area contributed by atoms with Crippen molar-refractivity contribution in [2.75, 3.05) is 11.9 Å². The molecule has 1 saturated carbocycles. The van der Waals surface area contributed by atoms with Crippen LogP contribution >= 0.6 is 11.3 Å². The molecule has 0 atom stereocenters. The summed E-state index contributed by atoms with van der Waals surface area (Å²) in [6.45, 7) is 3.84.